The van der Waals surface area contributed by atoms with E-state index in [0.29, 0.717) is 17.2 Å². The van der Waals surface area contributed by atoms with Gasteiger partial charge in [-0.05, 0) is 38.2 Å². The van der Waals surface area contributed by atoms with E-state index in [9.17, 15) is 24.0 Å². The highest BCUT2D eigenvalue weighted by molar-refractivity contribution is 8.13. The Morgan fingerprint density at radius 3 is 2.59 bits per heavy atom. The first-order valence-corrected chi connectivity index (χ1v) is 14.7. The van der Waals surface area contributed by atoms with Gasteiger partial charge in [0.2, 0.25) is 16.9 Å². The van der Waals surface area contributed by atoms with Gasteiger partial charge in [-0.2, -0.15) is 0 Å². The molecule has 0 fully saturated rings. The van der Waals surface area contributed by atoms with Crippen LogP contribution in [0.2, 0.25) is 0 Å². The van der Waals surface area contributed by atoms with Crippen LogP contribution in [0.5, 0.6) is 0 Å². The monoisotopic (exact) mass is 581 g/mol. The molecule has 1 unspecified atom stereocenters. The van der Waals surface area contributed by atoms with E-state index in [1.165, 1.54) is 25.2 Å². The number of nitrogens with zero attached hydrogens (tertiary/aromatic N) is 1. The van der Waals surface area contributed by atoms with Crippen molar-refractivity contribution in [1.82, 2.24) is 20.9 Å². The zero-order chi connectivity index (χ0) is 29.3. The lowest BCUT2D eigenvalue weighted by molar-refractivity contribution is -0.153. The summed E-state index contributed by atoms with van der Waals surface area (Å²) in [5.74, 6) is -2.01. The normalized spacial score (nSPS) is 21.9. The zero-order valence-corrected chi connectivity index (χ0v) is 24.9. The van der Waals surface area contributed by atoms with Crippen LogP contribution in [-0.2, 0) is 30.5 Å². The van der Waals surface area contributed by atoms with E-state index in [0.717, 1.165) is 11.8 Å². The van der Waals surface area contributed by atoms with Gasteiger partial charge in [-0.1, -0.05) is 45.5 Å². The number of nitrogens with two attached hydrogens (primary N) is 1. The van der Waals surface area contributed by atoms with Crippen molar-refractivity contribution in [2.45, 2.75) is 84.7 Å². The van der Waals surface area contributed by atoms with Crippen molar-refractivity contribution in [3.05, 3.63) is 28.2 Å². The summed E-state index contributed by atoms with van der Waals surface area (Å²) in [6, 6.07) is -1.55. The number of aromatic nitrogens is 1. The second kappa shape index (κ2) is 14.6. The fourth-order valence-electron chi connectivity index (χ4n) is 3.36. The molecule has 3 amide bonds. The van der Waals surface area contributed by atoms with Crippen LogP contribution < -0.4 is 21.7 Å². The highest BCUT2D eigenvalue weighted by Crippen LogP contribution is 2.16. The molecule has 216 valence electrons. The van der Waals surface area contributed by atoms with Gasteiger partial charge >= 0.3 is 5.97 Å². The molecule has 11 nitrogen and oxygen atoms in total. The van der Waals surface area contributed by atoms with Gasteiger partial charge < -0.3 is 26.4 Å². The molecular weight excluding hydrogens is 542 g/mol. The molecule has 2 bridgehead atoms. The molecule has 1 aromatic heterocycles. The van der Waals surface area contributed by atoms with Crippen LogP contribution >= 0.6 is 23.1 Å². The van der Waals surface area contributed by atoms with Gasteiger partial charge in [-0.15, -0.1) is 11.3 Å². The maximum absolute atomic E-state index is 13.1. The molecule has 0 radical (unpaired) electrons. The molecule has 0 saturated carbocycles. The molecule has 1 aliphatic heterocycles. The minimum Gasteiger partial charge on any atom is -0.456 e. The Balaban J connectivity index is 2.22. The number of allylic oxidation sites excluding steroid dienone is 1. The molecule has 1 aromatic rings. The van der Waals surface area contributed by atoms with E-state index >= 15 is 0 Å². The minimum atomic E-state index is -1.34. The lowest BCUT2D eigenvalue weighted by Crippen LogP contribution is -2.59. The second-order valence-corrected chi connectivity index (χ2v) is 12.6. The van der Waals surface area contributed by atoms with Crippen LogP contribution in [0.4, 0.5) is 0 Å². The Labute approximate surface area is 237 Å². The summed E-state index contributed by atoms with van der Waals surface area (Å²) in [5, 5.41) is 10.0. The van der Waals surface area contributed by atoms with Gasteiger partial charge in [0, 0.05) is 11.1 Å². The van der Waals surface area contributed by atoms with Crippen LogP contribution in [0, 0.1) is 11.8 Å². The minimum absolute atomic E-state index is 0.0454. The third-order valence-corrected chi connectivity index (χ3v) is 7.79. The summed E-state index contributed by atoms with van der Waals surface area (Å²) in [6.45, 7) is 10.4. The molecule has 1 aliphatic rings. The van der Waals surface area contributed by atoms with E-state index in [4.69, 9.17) is 10.5 Å². The number of hydrogen-bond donors (Lipinski definition) is 4. The predicted octanol–water partition coefficient (Wildman–Crippen LogP) is 1.91. The van der Waals surface area contributed by atoms with Crippen molar-refractivity contribution >= 4 is 51.9 Å². The summed E-state index contributed by atoms with van der Waals surface area (Å²) in [5.41, 5.74) is 4.67. The van der Waals surface area contributed by atoms with Gasteiger partial charge in [0.1, 0.15) is 28.4 Å². The topological polar surface area (TPSA) is 170 Å². The Morgan fingerprint density at radius 2 is 1.95 bits per heavy atom. The average molecular weight is 582 g/mol. The lowest BCUT2D eigenvalue weighted by atomic mass is 9.99. The zero-order valence-electron chi connectivity index (χ0n) is 23.2. The Bertz CT molecular complexity index is 1080. The molecule has 0 saturated heterocycles. The number of amides is 3. The van der Waals surface area contributed by atoms with Crippen molar-refractivity contribution in [1.29, 1.82) is 0 Å². The van der Waals surface area contributed by atoms with Gasteiger partial charge in [-0.25, -0.2) is 9.78 Å². The van der Waals surface area contributed by atoms with Crippen LogP contribution in [0.3, 0.4) is 0 Å². The molecule has 2 heterocycles. The summed E-state index contributed by atoms with van der Waals surface area (Å²) in [4.78, 5) is 67.9. The van der Waals surface area contributed by atoms with Crippen LogP contribution in [0.1, 0.15) is 69.9 Å². The number of fused-ring (bicyclic) bond motifs is 2. The highest BCUT2D eigenvalue weighted by atomic mass is 32.2. The first-order valence-electron chi connectivity index (χ1n) is 12.8. The number of carbonyl (C=O) groups is 5. The number of carbonyl (C=O) groups excluding carboxylic acids is 5. The molecule has 0 aromatic carbocycles. The van der Waals surface area contributed by atoms with Gasteiger partial charge in [0.05, 0.1) is 19.0 Å². The quantitative estimate of drug-likeness (QED) is 0.213. The molecule has 0 spiro atoms. The fraction of sp³-hybridized carbons (Fsp3) is 0.615. The lowest BCUT2D eigenvalue weighted by Gasteiger charge is -2.29. The van der Waals surface area contributed by atoms with E-state index in [1.807, 2.05) is 13.8 Å². The smallest absolute Gasteiger partial charge is 0.329 e. The molecule has 0 aliphatic carbocycles. The summed E-state index contributed by atoms with van der Waals surface area (Å²) in [6.07, 6.45) is 2.80. The number of esters is 1. The standard InChI is InChI=1S/C26H39N5O6S2/c1-14(2)20(27)24(35)38-10-8-7-9-16-11-18(32)28-12-19-29-17(13-39-19)22(33)31-26(5,6)25(36)30-21(15(3)4)23(34)37-16/h7,9,13-16,20-21H,8,10-12,27H2,1-6H3,(H,28,32)(H,30,36)(H,31,33)/b9-7+/t16?,20-,21-/m0/s1. The number of ether oxygens (including phenoxy) is 1. The Hall–Kier alpha value is -2.77. The maximum atomic E-state index is 13.1. The van der Waals surface area contributed by atoms with E-state index in [2.05, 4.69) is 20.9 Å². The number of thiazole rings is 1. The molecule has 5 N–H and O–H groups in total. The fourth-order valence-corrected chi connectivity index (χ4v) is 5.00. The molecular formula is C26H39N5O6S2. The van der Waals surface area contributed by atoms with E-state index in [-0.39, 0.29) is 41.5 Å². The summed E-state index contributed by atoms with van der Waals surface area (Å²) >= 11 is 2.34. The van der Waals surface area contributed by atoms with Crippen LogP contribution in [0.25, 0.3) is 0 Å². The molecule has 3 atom stereocenters. The van der Waals surface area contributed by atoms with E-state index in [1.54, 1.807) is 31.4 Å². The third-order valence-electron chi connectivity index (χ3n) is 5.95. The van der Waals surface area contributed by atoms with Crippen molar-refractivity contribution < 1.29 is 28.7 Å². The first kappa shape index (κ1) is 32.4. The average Bonchev–Trinajstić information content (AvgIpc) is 3.33. The highest BCUT2D eigenvalue weighted by Gasteiger charge is 2.36. The third kappa shape index (κ3) is 10.0. The van der Waals surface area contributed by atoms with E-state index < -0.39 is 41.5 Å². The van der Waals surface area contributed by atoms with Crippen molar-refractivity contribution in [3.63, 3.8) is 0 Å². The predicted molar refractivity (Wildman–Crippen MR) is 151 cm³/mol. The number of nitrogens with one attached hydrogen (secondary N) is 3. The van der Waals surface area contributed by atoms with Crippen molar-refractivity contribution in [3.8, 4) is 0 Å². The number of thioether (sulfide) groups is 1. The van der Waals surface area contributed by atoms with Gasteiger partial charge in [0.25, 0.3) is 5.91 Å². The SMILES string of the molecule is CC(C)[C@H](N)C(=O)SCC/C=C/C1CC(=O)NCc2nc(cs2)C(=O)NC(C)(C)C(=O)N[C@@H](C(C)C)C(=O)O1. The summed E-state index contributed by atoms with van der Waals surface area (Å²) < 4.78 is 5.66. The molecule has 39 heavy (non-hydrogen) atoms. The summed E-state index contributed by atoms with van der Waals surface area (Å²) in [7, 11) is 0. The van der Waals surface area contributed by atoms with Crippen LogP contribution in [0.15, 0.2) is 17.5 Å². The van der Waals surface area contributed by atoms with Crippen molar-refractivity contribution in [2.24, 2.45) is 17.6 Å². The Kier molecular flexibility index (Phi) is 12.1. The van der Waals surface area contributed by atoms with Crippen molar-refractivity contribution in [2.75, 3.05) is 5.75 Å². The first-order chi connectivity index (χ1) is 18.2. The number of cyclic esters (lactones) is 1. The second-order valence-electron chi connectivity index (χ2n) is 10.5. The maximum Gasteiger partial charge on any atom is 0.329 e. The van der Waals surface area contributed by atoms with Gasteiger partial charge in [-0.3, -0.25) is 19.2 Å². The van der Waals surface area contributed by atoms with Gasteiger partial charge in [0.15, 0.2) is 0 Å². The number of hydrogen-bond acceptors (Lipinski definition) is 10. The Morgan fingerprint density at radius 1 is 1.26 bits per heavy atom. The number of rotatable bonds is 7. The largest absolute Gasteiger partial charge is 0.456 e. The van der Waals surface area contributed by atoms with Crippen LogP contribution in [-0.4, -0.2) is 63.3 Å². The molecule has 13 heteroatoms. The molecule has 2 rings (SSSR count).